The molecule has 90 valence electrons. The highest BCUT2D eigenvalue weighted by molar-refractivity contribution is 6.42. The summed E-state index contributed by atoms with van der Waals surface area (Å²) in [6.07, 6.45) is 0. The maximum absolute atomic E-state index is 5.79. The van der Waals surface area contributed by atoms with E-state index in [-0.39, 0.29) is 0 Å². The molecule has 0 saturated carbocycles. The molecule has 0 aliphatic heterocycles. The van der Waals surface area contributed by atoms with Crippen molar-refractivity contribution in [3.8, 4) is 0 Å². The zero-order chi connectivity index (χ0) is 12.1. The van der Waals surface area contributed by atoms with Gasteiger partial charge < -0.3 is 8.85 Å². The first-order chi connectivity index (χ1) is 8.31. The van der Waals surface area contributed by atoms with Crippen molar-refractivity contribution in [2.45, 2.75) is 20.1 Å². The molecule has 0 spiro atoms. The second kappa shape index (κ2) is 5.96. The van der Waals surface area contributed by atoms with E-state index in [0.29, 0.717) is 6.61 Å². The Kier molecular flexibility index (Phi) is 4.31. The summed E-state index contributed by atoms with van der Waals surface area (Å²) in [4.78, 5) is 0. The molecule has 2 aromatic rings. The minimum absolute atomic E-state index is 0.648. The molecule has 2 nitrogen and oxygen atoms in total. The third kappa shape index (κ3) is 3.16. The summed E-state index contributed by atoms with van der Waals surface area (Å²) < 4.78 is 11.3. The summed E-state index contributed by atoms with van der Waals surface area (Å²) in [7, 11) is -1.45. The third-order valence-electron chi connectivity index (χ3n) is 2.75. The van der Waals surface area contributed by atoms with Crippen molar-refractivity contribution in [3.63, 3.8) is 0 Å². The Balaban J connectivity index is 2.13. The van der Waals surface area contributed by atoms with Crippen LogP contribution < -0.4 is 0 Å². The van der Waals surface area contributed by atoms with Crippen molar-refractivity contribution in [1.29, 1.82) is 0 Å². The van der Waals surface area contributed by atoms with Gasteiger partial charge in [0.2, 0.25) is 0 Å². The molecule has 0 radical (unpaired) electrons. The van der Waals surface area contributed by atoms with Gasteiger partial charge in [0, 0.05) is 6.61 Å². The van der Waals surface area contributed by atoms with Crippen LogP contribution in [0.15, 0.2) is 42.5 Å². The average molecular weight is 246 g/mol. The molecule has 0 aliphatic rings. The van der Waals surface area contributed by atoms with E-state index in [4.69, 9.17) is 8.85 Å². The zero-order valence-corrected chi connectivity index (χ0v) is 11.5. The summed E-state index contributed by atoms with van der Waals surface area (Å²) >= 11 is 0. The van der Waals surface area contributed by atoms with Crippen LogP contribution in [-0.2, 0) is 15.5 Å². The Morgan fingerprint density at radius 2 is 1.76 bits per heavy atom. The van der Waals surface area contributed by atoms with E-state index in [0.717, 1.165) is 6.61 Å². The highest BCUT2D eigenvalue weighted by Gasteiger charge is 2.06. The lowest BCUT2D eigenvalue weighted by molar-refractivity contribution is 0.203. The number of benzene rings is 2. The van der Waals surface area contributed by atoms with E-state index in [9.17, 15) is 0 Å². The monoisotopic (exact) mass is 246 g/mol. The van der Waals surface area contributed by atoms with E-state index in [1.165, 1.54) is 16.3 Å². The fraction of sp³-hybridized carbons (Fsp3) is 0.286. The Hall–Kier alpha value is -1.16. The summed E-state index contributed by atoms with van der Waals surface area (Å²) in [6.45, 7) is 5.46. The van der Waals surface area contributed by atoms with Gasteiger partial charge in [0.05, 0.1) is 6.61 Å². The van der Waals surface area contributed by atoms with Crippen LogP contribution in [-0.4, -0.2) is 15.9 Å². The van der Waals surface area contributed by atoms with Crippen molar-refractivity contribution >= 4 is 20.1 Å². The molecule has 2 aromatic carbocycles. The van der Waals surface area contributed by atoms with E-state index in [2.05, 4.69) is 49.0 Å². The van der Waals surface area contributed by atoms with Gasteiger partial charge in [0.1, 0.15) is 0 Å². The molecule has 17 heavy (non-hydrogen) atoms. The van der Waals surface area contributed by atoms with Gasteiger partial charge in [-0.15, -0.1) is 0 Å². The Bertz CT molecular complexity index is 479. The maximum Gasteiger partial charge on any atom is 0.318 e. The lowest BCUT2D eigenvalue weighted by atomic mass is 10.1. The Morgan fingerprint density at radius 3 is 2.59 bits per heavy atom. The molecule has 0 aromatic heterocycles. The van der Waals surface area contributed by atoms with Gasteiger partial charge in [-0.3, -0.25) is 0 Å². The van der Waals surface area contributed by atoms with Crippen molar-refractivity contribution in [2.24, 2.45) is 0 Å². The average Bonchev–Trinajstić information content (AvgIpc) is 2.36. The van der Waals surface area contributed by atoms with Crippen molar-refractivity contribution in [2.75, 3.05) is 6.61 Å². The number of hydrogen-bond donors (Lipinski definition) is 0. The molecule has 0 heterocycles. The van der Waals surface area contributed by atoms with Gasteiger partial charge in [-0.1, -0.05) is 42.5 Å². The largest absolute Gasteiger partial charge is 0.397 e. The Morgan fingerprint density at radius 1 is 1.00 bits per heavy atom. The van der Waals surface area contributed by atoms with Gasteiger partial charge in [0.15, 0.2) is 0 Å². The van der Waals surface area contributed by atoms with Crippen LogP contribution in [0.25, 0.3) is 10.8 Å². The Labute approximate surface area is 104 Å². The molecule has 2 rings (SSSR count). The highest BCUT2D eigenvalue weighted by atomic mass is 28.3. The number of hydrogen-bond acceptors (Lipinski definition) is 2. The van der Waals surface area contributed by atoms with Gasteiger partial charge in [-0.2, -0.15) is 0 Å². The second-order valence-corrected chi connectivity index (χ2v) is 5.77. The van der Waals surface area contributed by atoms with Gasteiger partial charge in [0.25, 0.3) is 0 Å². The van der Waals surface area contributed by atoms with Gasteiger partial charge in [-0.05, 0) is 29.8 Å². The topological polar surface area (TPSA) is 18.5 Å². The molecule has 1 atom stereocenters. The molecular formula is C14H18O2Si. The second-order valence-electron chi connectivity index (χ2n) is 3.97. The zero-order valence-electron chi connectivity index (χ0n) is 10.3. The predicted octanol–water partition coefficient (Wildman–Crippen LogP) is 3.24. The fourth-order valence-corrected chi connectivity index (χ4v) is 2.89. The molecule has 1 unspecified atom stereocenters. The summed E-state index contributed by atoms with van der Waals surface area (Å²) in [6, 6.07) is 14.7. The lowest BCUT2D eigenvalue weighted by Crippen LogP contribution is -2.18. The molecule has 0 fully saturated rings. The van der Waals surface area contributed by atoms with Gasteiger partial charge in [-0.25, -0.2) is 0 Å². The lowest BCUT2D eigenvalue weighted by Gasteiger charge is -2.12. The molecule has 0 bridgehead atoms. The van der Waals surface area contributed by atoms with E-state index in [1.54, 1.807) is 0 Å². The van der Waals surface area contributed by atoms with Crippen LogP contribution in [0.3, 0.4) is 0 Å². The van der Waals surface area contributed by atoms with Crippen molar-refractivity contribution in [3.05, 3.63) is 48.0 Å². The first-order valence-corrected chi connectivity index (χ1v) is 8.11. The molecule has 0 N–H and O–H groups in total. The maximum atomic E-state index is 5.79. The summed E-state index contributed by atoms with van der Waals surface area (Å²) in [5.41, 5.74) is 1.24. The molecule has 0 saturated heterocycles. The van der Waals surface area contributed by atoms with Gasteiger partial charge >= 0.3 is 9.28 Å². The SMILES string of the molecule is CCO[SiH](C)OCc1cccc2ccccc12. The quantitative estimate of drug-likeness (QED) is 0.754. The standard InChI is InChI=1S/C14H18O2Si/c1-3-15-17(2)16-11-13-9-6-8-12-7-4-5-10-14(12)13/h4-10,17H,3,11H2,1-2H3. The number of rotatable bonds is 5. The van der Waals surface area contributed by atoms with Crippen LogP contribution in [0.5, 0.6) is 0 Å². The van der Waals surface area contributed by atoms with Crippen LogP contribution >= 0.6 is 0 Å². The first-order valence-electron chi connectivity index (χ1n) is 6.01. The number of fused-ring (bicyclic) bond motifs is 1. The van der Waals surface area contributed by atoms with Crippen molar-refractivity contribution in [1.82, 2.24) is 0 Å². The van der Waals surface area contributed by atoms with Crippen LogP contribution in [0.2, 0.25) is 6.55 Å². The summed E-state index contributed by atoms with van der Waals surface area (Å²) in [5.74, 6) is 0. The normalized spacial score (nSPS) is 12.8. The van der Waals surface area contributed by atoms with E-state index in [1.807, 2.05) is 6.92 Å². The molecular weight excluding hydrogens is 228 g/mol. The highest BCUT2D eigenvalue weighted by Crippen LogP contribution is 2.19. The molecule has 3 heteroatoms. The fourth-order valence-electron chi connectivity index (χ4n) is 1.91. The van der Waals surface area contributed by atoms with Crippen LogP contribution in [0.4, 0.5) is 0 Å². The summed E-state index contributed by atoms with van der Waals surface area (Å²) in [5, 5.41) is 2.53. The smallest absolute Gasteiger partial charge is 0.318 e. The molecule has 0 aliphatic carbocycles. The van der Waals surface area contributed by atoms with E-state index >= 15 is 0 Å². The minimum atomic E-state index is -1.45. The predicted molar refractivity (Wildman–Crippen MR) is 73.4 cm³/mol. The first kappa shape index (κ1) is 12.3. The minimum Gasteiger partial charge on any atom is -0.397 e. The van der Waals surface area contributed by atoms with Crippen LogP contribution in [0.1, 0.15) is 12.5 Å². The van der Waals surface area contributed by atoms with E-state index < -0.39 is 9.28 Å². The molecule has 0 amide bonds. The van der Waals surface area contributed by atoms with Crippen LogP contribution in [0, 0.1) is 0 Å². The third-order valence-corrected chi connectivity index (χ3v) is 4.19. The van der Waals surface area contributed by atoms with Crippen molar-refractivity contribution < 1.29 is 8.85 Å².